The molecule has 0 aromatic heterocycles. The van der Waals surface area contributed by atoms with Gasteiger partial charge in [0.25, 0.3) is 0 Å². The summed E-state index contributed by atoms with van der Waals surface area (Å²) in [6.45, 7) is 1.22. The van der Waals surface area contributed by atoms with Crippen molar-refractivity contribution in [3.63, 3.8) is 0 Å². The van der Waals surface area contributed by atoms with Crippen LogP contribution in [-0.2, 0) is 4.79 Å². The van der Waals surface area contributed by atoms with Gasteiger partial charge in [-0.3, -0.25) is 4.79 Å². The molecule has 3 heteroatoms. The second-order valence-electron chi connectivity index (χ2n) is 7.00. The fraction of sp³-hybridized carbons (Fsp3) is 0.115. The number of carbonyl (C=O) groups excluding carboxylic acids is 1. The SMILES string of the molecule is O=C(NCCNc1cccc2ccccc12)C(c1ccccc1)c1ccccc1. The summed E-state index contributed by atoms with van der Waals surface area (Å²) in [4.78, 5) is 13.0. The van der Waals surface area contributed by atoms with E-state index in [4.69, 9.17) is 0 Å². The highest BCUT2D eigenvalue weighted by molar-refractivity contribution is 5.93. The van der Waals surface area contributed by atoms with Crippen LogP contribution < -0.4 is 10.6 Å². The zero-order valence-electron chi connectivity index (χ0n) is 16.2. The van der Waals surface area contributed by atoms with Crippen LogP contribution in [0.25, 0.3) is 10.8 Å². The number of fused-ring (bicyclic) bond motifs is 1. The van der Waals surface area contributed by atoms with Gasteiger partial charge in [-0.2, -0.15) is 0 Å². The van der Waals surface area contributed by atoms with Gasteiger partial charge in [0.15, 0.2) is 0 Å². The molecule has 3 nitrogen and oxygen atoms in total. The quantitative estimate of drug-likeness (QED) is 0.433. The third-order valence-electron chi connectivity index (χ3n) is 5.06. The van der Waals surface area contributed by atoms with E-state index in [1.165, 1.54) is 10.8 Å². The van der Waals surface area contributed by atoms with Crippen molar-refractivity contribution in [2.75, 3.05) is 18.4 Å². The van der Waals surface area contributed by atoms with Crippen molar-refractivity contribution in [1.29, 1.82) is 0 Å². The molecule has 4 aromatic carbocycles. The molecule has 0 spiro atoms. The summed E-state index contributed by atoms with van der Waals surface area (Å²) in [5.74, 6) is -0.294. The van der Waals surface area contributed by atoms with Gasteiger partial charge in [0.1, 0.15) is 0 Å². The Morgan fingerprint density at radius 2 is 1.24 bits per heavy atom. The third kappa shape index (κ3) is 4.46. The Bertz CT molecular complexity index is 1030. The summed E-state index contributed by atoms with van der Waals surface area (Å²) in [6, 6.07) is 34.4. The van der Waals surface area contributed by atoms with E-state index in [2.05, 4.69) is 34.9 Å². The molecule has 4 aromatic rings. The smallest absolute Gasteiger partial charge is 0.232 e. The van der Waals surface area contributed by atoms with Crippen LogP contribution in [0.1, 0.15) is 17.0 Å². The van der Waals surface area contributed by atoms with Crippen LogP contribution in [-0.4, -0.2) is 19.0 Å². The Kier molecular flexibility index (Phi) is 5.87. The van der Waals surface area contributed by atoms with Gasteiger partial charge in [-0.15, -0.1) is 0 Å². The fourth-order valence-corrected chi connectivity index (χ4v) is 3.65. The maximum absolute atomic E-state index is 13.0. The Morgan fingerprint density at radius 3 is 1.93 bits per heavy atom. The van der Waals surface area contributed by atoms with Gasteiger partial charge < -0.3 is 10.6 Å². The van der Waals surface area contributed by atoms with Gasteiger partial charge in [-0.1, -0.05) is 97.1 Å². The lowest BCUT2D eigenvalue weighted by molar-refractivity contribution is -0.121. The van der Waals surface area contributed by atoms with Crippen LogP contribution in [0.2, 0.25) is 0 Å². The van der Waals surface area contributed by atoms with E-state index < -0.39 is 0 Å². The number of benzene rings is 4. The summed E-state index contributed by atoms with van der Waals surface area (Å²) in [6.07, 6.45) is 0. The Hall–Kier alpha value is -3.59. The molecule has 29 heavy (non-hydrogen) atoms. The number of anilines is 1. The molecule has 0 aliphatic heterocycles. The first-order valence-corrected chi connectivity index (χ1v) is 9.92. The van der Waals surface area contributed by atoms with Crippen molar-refractivity contribution in [2.24, 2.45) is 0 Å². The zero-order valence-corrected chi connectivity index (χ0v) is 16.2. The van der Waals surface area contributed by atoms with Crippen molar-refractivity contribution in [3.8, 4) is 0 Å². The summed E-state index contributed by atoms with van der Waals surface area (Å²) >= 11 is 0. The van der Waals surface area contributed by atoms with Crippen LogP contribution >= 0.6 is 0 Å². The number of carbonyl (C=O) groups is 1. The minimum atomic E-state index is -0.310. The Labute approximate surface area is 171 Å². The second kappa shape index (κ2) is 9.07. The molecule has 0 atom stereocenters. The number of rotatable bonds is 7. The molecule has 0 aliphatic rings. The van der Waals surface area contributed by atoms with Gasteiger partial charge in [-0.05, 0) is 22.6 Å². The van der Waals surface area contributed by atoms with Gasteiger partial charge in [0.05, 0.1) is 5.92 Å². The highest BCUT2D eigenvalue weighted by Crippen LogP contribution is 2.25. The van der Waals surface area contributed by atoms with Crippen molar-refractivity contribution in [1.82, 2.24) is 5.32 Å². The zero-order chi connectivity index (χ0) is 19.9. The van der Waals surface area contributed by atoms with Crippen LogP contribution in [0.5, 0.6) is 0 Å². The molecule has 0 fully saturated rings. The van der Waals surface area contributed by atoms with Crippen molar-refractivity contribution < 1.29 is 4.79 Å². The third-order valence-corrected chi connectivity index (χ3v) is 5.06. The predicted octanol–water partition coefficient (Wildman–Crippen LogP) is 5.20. The Morgan fingerprint density at radius 1 is 0.655 bits per heavy atom. The highest BCUT2D eigenvalue weighted by Gasteiger charge is 2.21. The van der Waals surface area contributed by atoms with Crippen LogP contribution in [0.3, 0.4) is 0 Å². The molecule has 1 amide bonds. The first kappa shape index (κ1) is 18.8. The molecule has 4 rings (SSSR count). The van der Waals surface area contributed by atoms with E-state index in [0.29, 0.717) is 13.1 Å². The molecule has 0 saturated carbocycles. The van der Waals surface area contributed by atoms with Crippen LogP contribution in [0.15, 0.2) is 103 Å². The highest BCUT2D eigenvalue weighted by atomic mass is 16.1. The van der Waals surface area contributed by atoms with Crippen LogP contribution in [0, 0.1) is 0 Å². The van der Waals surface area contributed by atoms with Crippen molar-refractivity contribution in [3.05, 3.63) is 114 Å². The Balaban J connectivity index is 1.42. The van der Waals surface area contributed by atoms with E-state index >= 15 is 0 Å². The maximum Gasteiger partial charge on any atom is 0.232 e. The molecule has 0 unspecified atom stereocenters. The molecule has 2 N–H and O–H groups in total. The number of hydrogen-bond donors (Lipinski definition) is 2. The molecule has 0 radical (unpaired) electrons. The molecule has 144 valence electrons. The van der Waals surface area contributed by atoms with Gasteiger partial charge in [-0.25, -0.2) is 0 Å². The van der Waals surface area contributed by atoms with Crippen LogP contribution in [0.4, 0.5) is 5.69 Å². The summed E-state index contributed by atoms with van der Waals surface area (Å²) in [5, 5.41) is 8.93. The monoisotopic (exact) mass is 380 g/mol. The van der Waals surface area contributed by atoms with E-state index in [1.807, 2.05) is 78.9 Å². The van der Waals surface area contributed by atoms with Gasteiger partial charge in [0, 0.05) is 24.2 Å². The number of nitrogens with one attached hydrogen (secondary N) is 2. The number of amides is 1. The maximum atomic E-state index is 13.0. The average molecular weight is 380 g/mol. The normalized spacial score (nSPS) is 10.8. The summed E-state index contributed by atoms with van der Waals surface area (Å²) in [5.41, 5.74) is 3.08. The largest absolute Gasteiger partial charge is 0.383 e. The molecular formula is C26H24N2O. The lowest BCUT2D eigenvalue weighted by Crippen LogP contribution is -2.33. The molecule has 0 saturated heterocycles. The lowest BCUT2D eigenvalue weighted by atomic mass is 9.90. The topological polar surface area (TPSA) is 41.1 Å². The molecule has 0 aliphatic carbocycles. The van der Waals surface area contributed by atoms with E-state index in [-0.39, 0.29) is 11.8 Å². The van der Waals surface area contributed by atoms with E-state index in [1.54, 1.807) is 0 Å². The summed E-state index contributed by atoms with van der Waals surface area (Å²) < 4.78 is 0. The number of hydrogen-bond acceptors (Lipinski definition) is 2. The molecule has 0 bridgehead atoms. The average Bonchev–Trinajstić information content (AvgIpc) is 2.78. The minimum absolute atomic E-state index is 0.0159. The molecular weight excluding hydrogens is 356 g/mol. The minimum Gasteiger partial charge on any atom is -0.383 e. The van der Waals surface area contributed by atoms with E-state index in [0.717, 1.165) is 16.8 Å². The van der Waals surface area contributed by atoms with Crippen molar-refractivity contribution >= 4 is 22.4 Å². The standard InChI is InChI=1S/C26H24N2O/c29-26(25(21-11-3-1-4-12-21)22-13-5-2-6-14-22)28-19-18-27-24-17-9-15-20-10-7-8-16-23(20)24/h1-17,25,27H,18-19H2,(H,28,29). The van der Waals surface area contributed by atoms with Gasteiger partial charge in [0.2, 0.25) is 5.91 Å². The lowest BCUT2D eigenvalue weighted by Gasteiger charge is -2.18. The fourth-order valence-electron chi connectivity index (χ4n) is 3.65. The van der Waals surface area contributed by atoms with Crippen molar-refractivity contribution in [2.45, 2.75) is 5.92 Å². The first-order chi connectivity index (χ1) is 14.3. The first-order valence-electron chi connectivity index (χ1n) is 9.92. The van der Waals surface area contributed by atoms with Gasteiger partial charge >= 0.3 is 0 Å². The second-order valence-corrected chi connectivity index (χ2v) is 7.00. The van der Waals surface area contributed by atoms with E-state index in [9.17, 15) is 4.79 Å². The predicted molar refractivity (Wildman–Crippen MR) is 120 cm³/mol. The molecule has 0 heterocycles. The summed E-state index contributed by atoms with van der Waals surface area (Å²) in [7, 11) is 0.